The molecule has 10 heteroatoms. The first-order valence-electron chi connectivity index (χ1n) is 10.8. The molecule has 8 nitrogen and oxygen atoms in total. The molecule has 0 radical (unpaired) electrons. The van der Waals surface area contributed by atoms with Crippen LogP contribution in [-0.4, -0.2) is 32.0 Å². The first kappa shape index (κ1) is 24.0. The highest BCUT2D eigenvalue weighted by atomic mass is 35.5. The number of carbonyl (C=O) groups is 3. The highest BCUT2D eigenvalue weighted by Crippen LogP contribution is 2.59. The summed E-state index contributed by atoms with van der Waals surface area (Å²) in [6, 6.07) is 11.4. The molecule has 2 aliphatic heterocycles. The van der Waals surface area contributed by atoms with Crippen LogP contribution in [0.1, 0.15) is 40.9 Å². The van der Waals surface area contributed by atoms with Gasteiger partial charge >= 0.3 is 17.9 Å². The average molecular weight is 528 g/mol. The van der Waals surface area contributed by atoms with Crippen LogP contribution in [0.2, 0.25) is 10.0 Å². The zero-order valence-corrected chi connectivity index (χ0v) is 21.1. The maximum absolute atomic E-state index is 13.4. The van der Waals surface area contributed by atoms with Gasteiger partial charge in [-0.25, -0.2) is 4.79 Å². The molecule has 0 atom stereocenters. The standard InChI is InChI=1S/C26H19Cl2NO7/c1-12(30)33-22-10-20-15(8-17(22)27)26(14-6-5-7-19(29(3)4)24(14)25(32)36-26)16-9-18(28)23(34-13(2)31)11-21(16)35-20/h5-11H,1-4H3. The van der Waals surface area contributed by atoms with Crippen molar-refractivity contribution in [3.05, 3.63) is 74.8 Å². The molecule has 2 aliphatic rings. The molecule has 184 valence electrons. The van der Waals surface area contributed by atoms with E-state index in [9.17, 15) is 14.4 Å². The second kappa shape index (κ2) is 8.43. The summed E-state index contributed by atoms with van der Waals surface area (Å²) in [5.74, 6) is -1.08. The molecule has 0 saturated carbocycles. The molecule has 36 heavy (non-hydrogen) atoms. The monoisotopic (exact) mass is 527 g/mol. The minimum Gasteiger partial charge on any atom is -0.456 e. The topological polar surface area (TPSA) is 91.4 Å². The second-order valence-corrected chi connectivity index (χ2v) is 9.33. The van der Waals surface area contributed by atoms with Gasteiger partial charge in [0.15, 0.2) is 17.1 Å². The third-order valence-electron chi connectivity index (χ3n) is 5.91. The summed E-state index contributed by atoms with van der Waals surface area (Å²) < 4.78 is 22.8. The van der Waals surface area contributed by atoms with Gasteiger partial charge in [0.25, 0.3) is 0 Å². The lowest BCUT2D eigenvalue weighted by molar-refractivity contribution is -0.132. The maximum atomic E-state index is 13.4. The smallest absolute Gasteiger partial charge is 0.342 e. The molecule has 0 aliphatic carbocycles. The van der Waals surface area contributed by atoms with Crippen LogP contribution in [0, 0.1) is 0 Å². The fourth-order valence-corrected chi connectivity index (χ4v) is 4.99. The van der Waals surface area contributed by atoms with E-state index < -0.39 is 23.5 Å². The van der Waals surface area contributed by atoms with E-state index in [1.807, 2.05) is 31.1 Å². The molecule has 0 fully saturated rings. The van der Waals surface area contributed by atoms with Crippen LogP contribution in [0.25, 0.3) is 0 Å². The van der Waals surface area contributed by atoms with Crippen molar-refractivity contribution in [3.8, 4) is 23.0 Å². The van der Waals surface area contributed by atoms with Gasteiger partial charge in [-0.1, -0.05) is 35.3 Å². The number of fused-ring (bicyclic) bond motifs is 6. The van der Waals surface area contributed by atoms with Gasteiger partial charge in [0.2, 0.25) is 0 Å². The third-order valence-corrected chi connectivity index (χ3v) is 6.50. The van der Waals surface area contributed by atoms with Crippen molar-refractivity contribution in [3.63, 3.8) is 0 Å². The van der Waals surface area contributed by atoms with Crippen LogP contribution in [-0.2, 0) is 19.9 Å². The first-order chi connectivity index (χ1) is 17.0. The van der Waals surface area contributed by atoms with Gasteiger partial charge < -0.3 is 23.8 Å². The molecule has 0 N–H and O–H groups in total. The molecule has 0 amide bonds. The van der Waals surface area contributed by atoms with Crippen molar-refractivity contribution in [2.75, 3.05) is 19.0 Å². The van der Waals surface area contributed by atoms with E-state index in [4.69, 9.17) is 42.1 Å². The van der Waals surface area contributed by atoms with Gasteiger partial charge in [-0.3, -0.25) is 9.59 Å². The summed E-state index contributed by atoms with van der Waals surface area (Å²) in [6.45, 7) is 2.50. The Morgan fingerprint density at radius 1 is 0.861 bits per heavy atom. The summed E-state index contributed by atoms with van der Waals surface area (Å²) in [5, 5.41) is 0.234. The summed E-state index contributed by atoms with van der Waals surface area (Å²) >= 11 is 13.0. The molecule has 0 bridgehead atoms. The van der Waals surface area contributed by atoms with Gasteiger partial charge in [0, 0.05) is 56.8 Å². The fraction of sp³-hybridized carbons (Fsp3) is 0.192. The fourth-order valence-electron chi connectivity index (χ4n) is 4.58. The molecular weight excluding hydrogens is 509 g/mol. The first-order valence-corrected chi connectivity index (χ1v) is 11.6. The van der Waals surface area contributed by atoms with Gasteiger partial charge in [0.05, 0.1) is 21.3 Å². The molecule has 5 rings (SSSR count). The van der Waals surface area contributed by atoms with Gasteiger partial charge in [-0.05, 0) is 18.2 Å². The number of rotatable bonds is 3. The van der Waals surface area contributed by atoms with Crippen molar-refractivity contribution in [1.29, 1.82) is 0 Å². The van der Waals surface area contributed by atoms with Crippen LogP contribution in [0.4, 0.5) is 5.69 Å². The second-order valence-electron chi connectivity index (χ2n) is 8.51. The lowest BCUT2D eigenvalue weighted by atomic mass is 9.77. The van der Waals surface area contributed by atoms with E-state index in [0.717, 1.165) is 0 Å². The van der Waals surface area contributed by atoms with E-state index in [2.05, 4.69) is 0 Å². The van der Waals surface area contributed by atoms with Crippen LogP contribution in [0.5, 0.6) is 23.0 Å². The molecule has 2 heterocycles. The molecule has 3 aromatic rings. The number of hydrogen-bond donors (Lipinski definition) is 0. The summed E-state index contributed by atoms with van der Waals surface area (Å²) in [6.07, 6.45) is 0. The molecule has 1 spiro atoms. The Hall–Kier alpha value is -3.75. The number of benzene rings is 3. The van der Waals surface area contributed by atoms with Crippen LogP contribution >= 0.6 is 23.2 Å². The Labute approximate surface area is 216 Å². The number of carbonyl (C=O) groups excluding carboxylic acids is 3. The van der Waals surface area contributed by atoms with Crippen LogP contribution < -0.4 is 19.1 Å². The largest absolute Gasteiger partial charge is 0.456 e. The van der Waals surface area contributed by atoms with E-state index in [-0.39, 0.29) is 33.0 Å². The van der Waals surface area contributed by atoms with Crippen molar-refractivity contribution in [1.82, 2.24) is 0 Å². The number of ether oxygens (including phenoxy) is 4. The Morgan fingerprint density at radius 3 is 1.86 bits per heavy atom. The molecule has 3 aromatic carbocycles. The van der Waals surface area contributed by atoms with Crippen LogP contribution in [0.3, 0.4) is 0 Å². The predicted octanol–water partition coefficient (Wildman–Crippen LogP) is 5.48. The van der Waals surface area contributed by atoms with Crippen molar-refractivity contribution < 1.29 is 33.3 Å². The van der Waals surface area contributed by atoms with Gasteiger partial charge in [0.1, 0.15) is 11.5 Å². The van der Waals surface area contributed by atoms with Gasteiger partial charge in [-0.15, -0.1) is 0 Å². The minimum absolute atomic E-state index is 0.0716. The summed E-state index contributed by atoms with van der Waals surface area (Å²) in [4.78, 5) is 38.4. The molecular formula is C26H19Cl2NO7. The normalized spacial score (nSPS) is 14.2. The van der Waals surface area contributed by atoms with Crippen molar-refractivity contribution in [2.45, 2.75) is 19.4 Å². The number of esters is 3. The number of nitrogens with zero attached hydrogens (tertiary/aromatic N) is 1. The molecule has 0 unspecified atom stereocenters. The average Bonchev–Trinajstić information content (AvgIpc) is 3.09. The van der Waals surface area contributed by atoms with Crippen molar-refractivity contribution in [2.24, 2.45) is 0 Å². The SMILES string of the molecule is CC(=O)Oc1cc2c(cc1Cl)C1(OC(=O)c3c(N(C)C)cccc31)c1cc(Cl)c(OC(C)=O)cc1O2. The lowest BCUT2D eigenvalue weighted by Gasteiger charge is -2.37. The zero-order chi connectivity index (χ0) is 25.9. The Balaban J connectivity index is 1.85. The zero-order valence-electron chi connectivity index (χ0n) is 19.6. The van der Waals surface area contributed by atoms with E-state index in [1.54, 1.807) is 6.07 Å². The Morgan fingerprint density at radius 2 is 1.39 bits per heavy atom. The summed E-state index contributed by atoms with van der Waals surface area (Å²) in [7, 11) is 3.65. The van der Waals surface area contributed by atoms with E-state index >= 15 is 0 Å². The van der Waals surface area contributed by atoms with E-state index in [0.29, 0.717) is 27.9 Å². The minimum atomic E-state index is -1.49. The van der Waals surface area contributed by atoms with Crippen LogP contribution in [0.15, 0.2) is 42.5 Å². The number of anilines is 1. The highest BCUT2D eigenvalue weighted by Gasteiger charge is 2.55. The van der Waals surface area contributed by atoms with Crippen molar-refractivity contribution >= 4 is 46.8 Å². The predicted molar refractivity (Wildman–Crippen MR) is 132 cm³/mol. The number of hydrogen-bond acceptors (Lipinski definition) is 8. The highest BCUT2D eigenvalue weighted by molar-refractivity contribution is 6.33. The molecule has 0 saturated heterocycles. The lowest BCUT2D eigenvalue weighted by Crippen LogP contribution is -2.33. The quantitative estimate of drug-likeness (QED) is 0.326. The molecule has 0 aromatic heterocycles. The third kappa shape index (κ3) is 3.56. The Kier molecular flexibility index (Phi) is 5.61. The number of halogens is 2. The maximum Gasteiger partial charge on any atom is 0.342 e. The Bertz CT molecular complexity index is 1410. The summed E-state index contributed by atoms with van der Waals surface area (Å²) in [5.41, 5.74) is 0.927. The van der Waals surface area contributed by atoms with E-state index in [1.165, 1.54) is 38.1 Å². The van der Waals surface area contributed by atoms with Gasteiger partial charge in [-0.2, -0.15) is 0 Å².